The van der Waals surface area contributed by atoms with Gasteiger partial charge in [0.25, 0.3) is 0 Å². The minimum atomic E-state index is -3.69. The summed E-state index contributed by atoms with van der Waals surface area (Å²) in [4.78, 5) is 14.3. The van der Waals surface area contributed by atoms with Crippen LogP contribution in [0.15, 0.2) is 53.6 Å². The molecule has 0 aliphatic rings. The summed E-state index contributed by atoms with van der Waals surface area (Å²) in [6, 6.07) is 12.1. The number of carbonyl (C=O) groups is 1. The molecular weight excluding hydrogens is 374 g/mol. The summed E-state index contributed by atoms with van der Waals surface area (Å²) in [5, 5.41) is 3.79. The monoisotopic (exact) mass is 391 g/mol. The number of fused-ring (bicyclic) bond motifs is 1. The Morgan fingerprint density at radius 1 is 1.19 bits per heavy atom. The number of sulfonamides is 1. The highest BCUT2D eigenvalue weighted by Crippen LogP contribution is 2.25. The highest BCUT2D eigenvalue weighted by atomic mass is 35.5. The first-order valence-electron chi connectivity index (χ1n) is 7.98. The Kier molecular flexibility index (Phi) is 5.31. The number of para-hydroxylation sites is 1. The molecule has 0 bridgehead atoms. The Morgan fingerprint density at radius 3 is 2.69 bits per heavy atom. The Balaban J connectivity index is 1.69. The van der Waals surface area contributed by atoms with Crippen LogP contribution in [0.25, 0.3) is 10.9 Å². The maximum Gasteiger partial charge on any atom is 0.240 e. The molecule has 26 heavy (non-hydrogen) atoms. The lowest BCUT2D eigenvalue weighted by atomic mass is 10.1. The lowest BCUT2D eigenvalue weighted by molar-refractivity contribution is -0.114. The summed E-state index contributed by atoms with van der Waals surface area (Å²) in [6.07, 6.45) is 2.44. The van der Waals surface area contributed by atoms with Crippen LogP contribution in [0.1, 0.15) is 12.5 Å². The molecule has 0 aliphatic heterocycles. The van der Waals surface area contributed by atoms with Gasteiger partial charge in [-0.2, -0.15) is 0 Å². The summed E-state index contributed by atoms with van der Waals surface area (Å²) in [5.41, 5.74) is 2.44. The lowest BCUT2D eigenvalue weighted by Gasteiger charge is -2.09. The maximum atomic E-state index is 12.4. The van der Waals surface area contributed by atoms with Gasteiger partial charge in [0, 0.05) is 30.6 Å². The molecule has 0 fully saturated rings. The second-order valence-corrected chi connectivity index (χ2v) is 8.00. The van der Waals surface area contributed by atoms with Gasteiger partial charge in [0.2, 0.25) is 15.9 Å². The van der Waals surface area contributed by atoms with E-state index in [1.807, 2.05) is 30.5 Å². The zero-order valence-electron chi connectivity index (χ0n) is 14.0. The molecule has 6 nitrogen and oxygen atoms in total. The Hall–Kier alpha value is -2.35. The van der Waals surface area contributed by atoms with E-state index in [0.29, 0.717) is 12.1 Å². The van der Waals surface area contributed by atoms with Gasteiger partial charge in [0.1, 0.15) is 0 Å². The summed E-state index contributed by atoms with van der Waals surface area (Å²) in [6.45, 7) is 1.61. The average Bonchev–Trinajstić information content (AvgIpc) is 2.99. The van der Waals surface area contributed by atoms with Gasteiger partial charge in [-0.25, -0.2) is 13.1 Å². The standard InChI is InChI=1S/C18H18ClN3O3S/c1-12(23)22-18-7-6-14(10-16(18)19)26(24,25)21-9-8-13-11-20-17-5-3-2-4-15(13)17/h2-7,10-11,20-21H,8-9H2,1H3,(H,22,23). The minimum Gasteiger partial charge on any atom is -0.361 e. The zero-order chi connectivity index (χ0) is 18.7. The molecule has 0 saturated heterocycles. The lowest BCUT2D eigenvalue weighted by Crippen LogP contribution is -2.26. The molecule has 3 rings (SSSR count). The van der Waals surface area contributed by atoms with E-state index in [1.54, 1.807) is 0 Å². The Morgan fingerprint density at radius 2 is 1.96 bits per heavy atom. The second kappa shape index (κ2) is 7.49. The third-order valence-corrected chi connectivity index (χ3v) is 5.69. The predicted octanol–water partition coefficient (Wildman–Crippen LogP) is 3.30. The van der Waals surface area contributed by atoms with E-state index in [2.05, 4.69) is 15.0 Å². The van der Waals surface area contributed by atoms with Gasteiger partial charge in [-0.3, -0.25) is 4.79 Å². The van der Waals surface area contributed by atoms with Crippen LogP contribution in [-0.2, 0) is 21.2 Å². The van der Waals surface area contributed by atoms with Crippen LogP contribution in [0.3, 0.4) is 0 Å². The van der Waals surface area contributed by atoms with Crippen molar-refractivity contribution in [1.29, 1.82) is 0 Å². The van der Waals surface area contributed by atoms with Crippen molar-refractivity contribution in [3.05, 3.63) is 59.2 Å². The molecule has 1 heterocycles. The van der Waals surface area contributed by atoms with Crippen molar-refractivity contribution < 1.29 is 13.2 Å². The van der Waals surface area contributed by atoms with Gasteiger partial charge in [-0.15, -0.1) is 0 Å². The number of rotatable bonds is 6. The molecule has 3 aromatic rings. The van der Waals surface area contributed by atoms with Gasteiger partial charge < -0.3 is 10.3 Å². The van der Waals surface area contributed by atoms with Crippen LogP contribution in [0.2, 0.25) is 5.02 Å². The number of anilines is 1. The van der Waals surface area contributed by atoms with E-state index >= 15 is 0 Å². The average molecular weight is 392 g/mol. The van der Waals surface area contributed by atoms with Crippen LogP contribution in [0.4, 0.5) is 5.69 Å². The van der Waals surface area contributed by atoms with Crippen LogP contribution in [0, 0.1) is 0 Å². The molecular formula is C18H18ClN3O3S. The predicted molar refractivity (Wildman–Crippen MR) is 103 cm³/mol. The molecule has 136 valence electrons. The van der Waals surface area contributed by atoms with E-state index in [0.717, 1.165) is 16.5 Å². The zero-order valence-corrected chi connectivity index (χ0v) is 15.6. The number of halogens is 1. The Bertz CT molecular complexity index is 1060. The molecule has 0 aliphatic carbocycles. The SMILES string of the molecule is CC(=O)Nc1ccc(S(=O)(=O)NCCc2c[nH]c3ccccc23)cc1Cl. The molecule has 3 N–H and O–H groups in total. The number of aromatic amines is 1. The van der Waals surface area contributed by atoms with Crippen molar-refractivity contribution in [3.8, 4) is 0 Å². The largest absolute Gasteiger partial charge is 0.361 e. The smallest absolute Gasteiger partial charge is 0.240 e. The summed E-state index contributed by atoms with van der Waals surface area (Å²) in [5.74, 6) is -0.278. The van der Waals surface area contributed by atoms with Gasteiger partial charge >= 0.3 is 0 Å². The van der Waals surface area contributed by atoms with Crippen molar-refractivity contribution in [3.63, 3.8) is 0 Å². The number of carbonyl (C=O) groups excluding carboxylic acids is 1. The third kappa shape index (κ3) is 4.07. The number of nitrogens with one attached hydrogen (secondary N) is 3. The molecule has 0 unspecified atom stereocenters. The summed E-state index contributed by atoms with van der Waals surface area (Å²) >= 11 is 6.05. The second-order valence-electron chi connectivity index (χ2n) is 5.83. The maximum absolute atomic E-state index is 12.4. The number of H-pyrrole nitrogens is 1. The van der Waals surface area contributed by atoms with Gasteiger partial charge in [0.15, 0.2) is 0 Å². The van der Waals surface area contributed by atoms with Gasteiger partial charge in [0.05, 0.1) is 15.6 Å². The molecule has 0 atom stereocenters. The van der Waals surface area contributed by atoms with Crippen molar-refractivity contribution in [1.82, 2.24) is 9.71 Å². The topological polar surface area (TPSA) is 91.1 Å². The third-order valence-electron chi connectivity index (χ3n) is 3.92. The number of amides is 1. The van der Waals surface area contributed by atoms with Crippen molar-refractivity contribution in [2.45, 2.75) is 18.2 Å². The molecule has 0 radical (unpaired) electrons. The first kappa shape index (κ1) is 18.4. The van der Waals surface area contributed by atoms with E-state index in [-0.39, 0.29) is 22.4 Å². The number of hydrogen-bond acceptors (Lipinski definition) is 3. The van der Waals surface area contributed by atoms with Gasteiger partial charge in [-0.1, -0.05) is 29.8 Å². The summed E-state index contributed by atoms with van der Waals surface area (Å²) < 4.78 is 27.5. The Labute approximate surface area is 156 Å². The normalized spacial score (nSPS) is 11.6. The molecule has 1 aromatic heterocycles. The fourth-order valence-corrected chi connectivity index (χ4v) is 4.05. The van der Waals surface area contributed by atoms with Crippen LogP contribution >= 0.6 is 11.6 Å². The molecule has 2 aromatic carbocycles. The van der Waals surface area contributed by atoms with E-state index < -0.39 is 10.0 Å². The molecule has 0 spiro atoms. The first-order chi connectivity index (χ1) is 12.4. The highest BCUT2D eigenvalue weighted by molar-refractivity contribution is 7.89. The first-order valence-corrected chi connectivity index (χ1v) is 9.85. The van der Waals surface area contributed by atoms with E-state index in [1.165, 1.54) is 25.1 Å². The fourth-order valence-electron chi connectivity index (χ4n) is 2.70. The molecule has 1 amide bonds. The van der Waals surface area contributed by atoms with E-state index in [4.69, 9.17) is 11.6 Å². The van der Waals surface area contributed by atoms with E-state index in [9.17, 15) is 13.2 Å². The van der Waals surface area contributed by atoms with Crippen molar-refractivity contribution >= 4 is 44.1 Å². The van der Waals surface area contributed by atoms with Crippen molar-refractivity contribution in [2.75, 3.05) is 11.9 Å². The molecule has 0 saturated carbocycles. The van der Waals surface area contributed by atoms with Crippen molar-refractivity contribution in [2.24, 2.45) is 0 Å². The van der Waals surface area contributed by atoms with Crippen LogP contribution in [0.5, 0.6) is 0 Å². The van der Waals surface area contributed by atoms with Gasteiger partial charge in [-0.05, 0) is 36.2 Å². The minimum absolute atomic E-state index is 0.0514. The van der Waals surface area contributed by atoms with Crippen LogP contribution in [-0.4, -0.2) is 25.9 Å². The summed E-state index contributed by atoms with van der Waals surface area (Å²) in [7, 11) is -3.69. The highest BCUT2D eigenvalue weighted by Gasteiger charge is 2.16. The number of aromatic nitrogens is 1. The quantitative estimate of drug-likeness (QED) is 0.602. The molecule has 8 heteroatoms. The van der Waals surface area contributed by atoms with Crippen LogP contribution < -0.4 is 10.0 Å². The number of benzene rings is 2. The fraction of sp³-hybridized carbons (Fsp3) is 0.167. The number of hydrogen-bond donors (Lipinski definition) is 3.